The average molecular weight is 231 g/mol. The summed E-state index contributed by atoms with van der Waals surface area (Å²) in [5.41, 5.74) is 0.669. The van der Waals surface area contributed by atoms with Gasteiger partial charge in [0.25, 0.3) is 0 Å². The van der Waals surface area contributed by atoms with Gasteiger partial charge in [-0.3, -0.25) is 0 Å². The van der Waals surface area contributed by atoms with Crippen molar-refractivity contribution < 1.29 is 14.6 Å². The molecule has 1 aromatic rings. The Balaban J connectivity index is 3.19. The predicted molar refractivity (Wildman–Crippen MR) is 59.8 cm³/mol. The number of benzene rings is 1. The van der Waals surface area contributed by atoms with Crippen LogP contribution in [0.3, 0.4) is 0 Å². The fourth-order valence-corrected chi connectivity index (χ4v) is 1.56. The van der Waals surface area contributed by atoms with E-state index in [0.717, 1.165) is 0 Å². The third kappa shape index (κ3) is 2.76. The SMILES string of the molecule is CCOc1cc(OC)c(Cl)cc1C(C)O. The first-order valence-corrected chi connectivity index (χ1v) is 5.16. The van der Waals surface area contributed by atoms with Gasteiger partial charge in [0.2, 0.25) is 0 Å². The Morgan fingerprint density at radius 2 is 2.07 bits per heavy atom. The number of methoxy groups -OCH3 is 1. The van der Waals surface area contributed by atoms with Crippen molar-refractivity contribution in [2.75, 3.05) is 13.7 Å². The van der Waals surface area contributed by atoms with Gasteiger partial charge in [0.1, 0.15) is 11.5 Å². The smallest absolute Gasteiger partial charge is 0.141 e. The van der Waals surface area contributed by atoms with Crippen LogP contribution in [0.2, 0.25) is 5.02 Å². The van der Waals surface area contributed by atoms with E-state index >= 15 is 0 Å². The molecule has 0 aromatic heterocycles. The Labute approximate surface area is 94.6 Å². The van der Waals surface area contributed by atoms with Crippen molar-refractivity contribution in [3.8, 4) is 11.5 Å². The fourth-order valence-electron chi connectivity index (χ4n) is 1.31. The maximum absolute atomic E-state index is 9.54. The first-order chi connectivity index (χ1) is 7.10. The molecule has 0 saturated heterocycles. The van der Waals surface area contributed by atoms with Crippen molar-refractivity contribution in [2.24, 2.45) is 0 Å². The van der Waals surface area contributed by atoms with Crippen LogP contribution in [-0.2, 0) is 0 Å². The van der Waals surface area contributed by atoms with Gasteiger partial charge in [-0.25, -0.2) is 0 Å². The minimum Gasteiger partial charge on any atom is -0.495 e. The Morgan fingerprint density at radius 3 is 2.53 bits per heavy atom. The highest BCUT2D eigenvalue weighted by molar-refractivity contribution is 6.32. The van der Waals surface area contributed by atoms with Crippen LogP contribution in [-0.4, -0.2) is 18.8 Å². The lowest BCUT2D eigenvalue weighted by atomic mass is 10.1. The van der Waals surface area contributed by atoms with Gasteiger partial charge in [-0.05, 0) is 19.9 Å². The molecule has 0 aliphatic heterocycles. The summed E-state index contributed by atoms with van der Waals surface area (Å²) in [6.07, 6.45) is -0.616. The first-order valence-electron chi connectivity index (χ1n) is 4.78. The number of aliphatic hydroxyl groups excluding tert-OH is 1. The summed E-state index contributed by atoms with van der Waals surface area (Å²) in [6, 6.07) is 3.35. The molecule has 1 rings (SSSR count). The molecule has 15 heavy (non-hydrogen) atoms. The van der Waals surface area contributed by atoms with Crippen LogP contribution in [0, 0.1) is 0 Å². The van der Waals surface area contributed by atoms with Crippen molar-refractivity contribution in [3.63, 3.8) is 0 Å². The van der Waals surface area contributed by atoms with Gasteiger partial charge in [0, 0.05) is 11.6 Å². The molecule has 0 spiro atoms. The Kier molecular flexibility index (Phi) is 4.24. The second kappa shape index (κ2) is 5.24. The topological polar surface area (TPSA) is 38.7 Å². The van der Waals surface area contributed by atoms with E-state index in [1.54, 1.807) is 26.2 Å². The van der Waals surface area contributed by atoms with Crippen LogP contribution in [0.15, 0.2) is 12.1 Å². The third-order valence-corrected chi connectivity index (χ3v) is 2.33. The fraction of sp³-hybridized carbons (Fsp3) is 0.455. The molecule has 0 saturated carbocycles. The first kappa shape index (κ1) is 12.1. The van der Waals surface area contributed by atoms with Crippen LogP contribution in [0.5, 0.6) is 11.5 Å². The molecular formula is C11H15ClO3. The molecule has 0 heterocycles. The van der Waals surface area contributed by atoms with E-state index in [1.165, 1.54) is 0 Å². The monoisotopic (exact) mass is 230 g/mol. The van der Waals surface area contributed by atoms with Crippen LogP contribution in [0.4, 0.5) is 0 Å². The molecule has 1 unspecified atom stereocenters. The summed E-state index contributed by atoms with van der Waals surface area (Å²) in [7, 11) is 1.54. The second-order valence-electron chi connectivity index (χ2n) is 3.13. The lowest BCUT2D eigenvalue weighted by molar-refractivity contribution is 0.192. The summed E-state index contributed by atoms with van der Waals surface area (Å²) in [6.45, 7) is 4.08. The van der Waals surface area contributed by atoms with Gasteiger partial charge < -0.3 is 14.6 Å². The highest BCUT2D eigenvalue weighted by Crippen LogP contribution is 2.35. The molecule has 4 heteroatoms. The maximum atomic E-state index is 9.54. The maximum Gasteiger partial charge on any atom is 0.141 e. The Morgan fingerprint density at radius 1 is 1.40 bits per heavy atom. The van der Waals surface area contributed by atoms with Gasteiger partial charge in [-0.2, -0.15) is 0 Å². The number of hydrogen-bond donors (Lipinski definition) is 1. The molecule has 0 aliphatic rings. The van der Waals surface area contributed by atoms with Crippen molar-refractivity contribution in [2.45, 2.75) is 20.0 Å². The Hall–Kier alpha value is -0.930. The zero-order valence-corrected chi connectivity index (χ0v) is 9.84. The van der Waals surface area contributed by atoms with E-state index in [4.69, 9.17) is 21.1 Å². The molecule has 84 valence electrons. The number of halogens is 1. The molecule has 0 aliphatic carbocycles. The molecule has 0 radical (unpaired) electrons. The molecule has 0 fully saturated rings. The number of ether oxygens (including phenoxy) is 2. The second-order valence-corrected chi connectivity index (χ2v) is 3.54. The quantitative estimate of drug-likeness (QED) is 0.865. The molecule has 0 amide bonds. The standard InChI is InChI=1S/C11H15ClO3/c1-4-15-10-6-11(14-3)9(12)5-8(10)7(2)13/h5-7,13H,4H2,1-3H3. The molecule has 3 nitrogen and oxygen atoms in total. The van der Waals surface area contributed by atoms with E-state index in [-0.39, 0.29) is 0 Å². The molecule has 0 bridgehead atoms. The van der Waals surface area contributed by atoms with Gasteiger partial charge >= 0.3 is 0 Å². The highest BCUT2D eigenvalue weighted by atomic mass is 35.5. The van der Waals surface area contributed by atoms with Crippen molar-refractivity contribution in [1.29, 1.82) is 0 Å². The van der Waals surface area contributed by atoms with Gasteiger partial charge in [-0.1, -0.05) is 11.6 Å². The van der Waals surface area contributed by atoms with Crippen LogP contribution in [0.25, 0.3) is 0 Å². The van der Waals surface area contributed by atoms with E-state index in [1.807, 2.05) is 6.92 Å². The van der Waals surface area contributed by atoms with Crippen molar-refractivity contribution in [3.05, 3.63) is 22.7 Å². The summed E-state index contributed by atoms with van der Waals surface area (Å²) >= 11 is 5.95. The normalized spacial score (nSPS) is 12.3. The molecular weight excluding hydrogens is 216 g/mol. The summed E-state index contributed by atoms with van der Waals surface area (Å²) < 4.78 is 10.5. The predicted octanol–water partition coefficient (Wildman–Crippen LogP) is 2.80. The zero-order valence-electron chi connectivity index (χ0n) is 9.08. The molecule has 1 aromatic carbocycles. The third-order valence-electron chi connectivity index (χ3n) is 2.03. The van der Waals surface area contributed by atoms with E-state index in [2.05, 4.69) is 0 Å². The highest BCUT2D eigenvalue weighted by Gasteiger charge is 2.13. The summed E-state index contributed by atoms with van der Waals surface area (Å²) in [4.78, 5) is 0. The molecule has 1 atom stereocenters. The van der Waals surface area contributed by atoms with Gasteiger partial charge in [0.15, 0.2) is 0 Å². The van der Waals surface area contributed by atoms with Crippen LogP contribution >= 0.6 is 11.6 Å². The summed E-state index contributed by atoms with van der Waals surface area (Å²) in [5.74, 6) is 1.15. The van der Waals surface area contributed by atoms with Gasteiger partial charge in [-0.15, -0.1) is 0 Å². The average Bonchev–Trinajstić information content (AvgIpc) is 2.20. The minimum absolute atomic E-state index is 0.469. The van der Waals surface area contributed by atoms with Crippen molar-refractivity contribution >= 4 is 11.6 Å². The van der Waals surface area contributed by atoms with Crippen LogP contribution < -0.4 is 9.47 Å². The number of rotatable bonds is 4. The lowest BCUT2D eigenvalue weighted by Gasteiger charge is -2.14. The van der Waals surface area contributed by atoms with E-state index in [9.17, 15) is 5.11 Å². The lowest BCUT2D eigenvalue weighted by Crippen LogP contribution is -2.00. The molecule has 1 N–H and O–H groups in total. The van der Waals surface area contributed by atoms with E-state index < -0.39 is 6.10 Å². The Bertz CT molecular complexity index is 337. The van der Waals surface area contributed by atoms with Crippen LogP contribution in [0.1, 0.15) is 25.5 Å². The largest absolute Gasteiger partial charge is 0.495 e. The van der Waals surface area contributed by atoms with Gasteiger partial charge in [0.05, 0.1) is 24.8 Å². The summed E-state index contributed by atoms with van der Waals surface area (Å²) in [5, 5.41) is 10.0. The number of hydrogen-bond acceptors (Lipinski definition) is 3. The van der Waals surface area contributed by atoms with E-state index in [0.29, 0.717) is 28.7 Å². The van der Waals surface area contributed by atoms with Crippen molar-refractivity contribution in [1.82, 2.24) is 0 Å². The zero-order chi connectivity index (χ0) is 11.4. The number of aliphatic hydroxyl groups is 1. The minimum atomic E-state index is -0.616.